The fourth-order valence-corrected chi connectivity index (χ4v) is 3.21. The van der Waals surface area contributed by atoms with E-state index in [0.29, 0.717) is 0 Å². The smallest absolute Gasteiger partial charge is 0.00993 e. The number of nitrogens with zero attached hydrogens (tertiary/aromatic N) is 1. The molecule has 106 valence electrons. The molecular weight excluding hydrogens is 220 g/mol. The molecule has 1 N–H and O–H groups in total. The van der Waals surface area contributed by atoms with Gasteiger partial charge in [0.25, 0.3) is 0 Å². The second kappa shape index (κ2) is 6.91. The molecule has 2 unspecified atom stereocenters. The Balaban J connectivity index is 1.78. The molecule has 0 radical (unpaired) electrons. The quantitative estimate of drug-likeness (QED) is 0.748. The van der Waals surface area contributed by atoms with E-state index in [1.165, 1.54) is 58.2 Å². The molecule has 2 nitrogen and oxygen atoms in total. The molecule has 1 aliphatic heterocycles. The van der Waals surface area contributed by atoms with Gasteiger partial charge in [0, 0.05) is 18.6 Å². The van der Waals surface area contributed by atoms with Crippen molar-refractivity contribution in [3.63, 3.8) is 0 Å². The maximum absolute atomic E-state index is 3.56. The largest absolute Gasteiger partial charge is 0.316 e. The molecule has 2 rings (SSSR count). The topological polar surface area (TPSA) is 15.3 Å². The van der Waals surface area contributed by atoms with E-state index in [4.69, 9.17) is 0 Å². The second-order valence-corrected chi connectivity index (χ2v) is 6.96. The summed E-state index contributed by atoms with van der Waals surface area (Å²) in [5.41, 5.74) is 0. The van der Waals surface area contributed by atoms with Crippen molar-refractivity contribution in [3.8, 4) is 0 Å². The molecule has 0 aromatic carbocycles. The minimum atomic E-state index is 0.793. The number of hydrogen-bond acceptors (Lipinski definition) is 2. The van der Waals surface area contributed by atoms with Gasteiger partial charge in [-0.15, -0.1) is 0 Å². The van der Waals surface area contributed by atoms with Crippen LogP contribution >= 0.6 is 0 Å². The fraction of sp³-hybridized carbons (Fsp3) is 1.00. The summed E-state index contributed by atoms with van der Waals surface area (Å²) >= 11 is 0. The summed E-state index contributed by atoms with van der Waals surface area (Å²) in [4.78, 5) is 2.83. The molecule has 1 aliphatic carbocycles. The summed E-state index contributed by atoms with van der Waals surface area (Å²) in [7, 11) is 0. The van der Waals surface area contributed by atoms with Gasteiger partial charge in [-0.25, -0.2) is 0 Å². The van der Waals surface area contributed by atoms with E-state index in [2.05, 4.69) is 31.0 Å². The Bertz CT molecular complexity index is 229. The van der Waals surface area contributed by atoms with Crippen LogP contribution in [0.15, 0.2) is 0 Å². The van der Waals surface area contributed by atoms with E-state index < -0.39 is 0 Å². The van der Waals surface area contributed by atoms with Gasteiger partial charge in [0.2, 0.25) is 0 Å². The zero-order chi connectivity index (χ0) is 13.0. The maximum atomic E-state index is 3.56. The van der Waals surface area contributed by atoms with Crippen molar-refractivity contribution in [2.45, 2.75) is 71.4 Å². The van der Waals surface area contributed by atoms with E-state index in [9.17, 15) is 0 Å². The van der Waals surface area contributed by atoms with Crippen LogP contribution in [0.3, 0.4) is 0 Å². The van der Waals surface area contributed by atoms with Gasteiger partial charge >= 0.3 is 0 Å². The van der Waals surface area contributed by atoms with Crippen LogP contribution in [0.2, 0.25) is 0 Å². The van der Waals surface area contributed by atoms with Gasteiger partial charge in [-0.2, -0.15) is 0 Å². The van der Waals surface area contributed by atoms with Gasteiger partial charge < -0.3 is 5.32 Å². The number of hydrogen-bond donors (Lipinski definition) is 1. The summed E-state index contributed by atoms with van der Waals surface area (Å²) in [5.74, 6) is 1.76. The van der Waals surface area contributed by atoms with Gasteiger partial charge in [0.15, 0.2) is 0 Å². The summed E-state index contributed by atoms with van der Waals surface area (Å²) in [6.45, 7) is 11.0. The Hall–Kier alpha value is -0.0800. The first-order chi connectivity index (χ1) is 8.66. The minimum Gasteiger partial charge on any atom is -0.316 e. The third kappa shape index (κ3) is 4.55. The molecule has 18 heavy (non-hydrogen) atoms. The molecule has 0 aromatic rings. The Morgan fingerprint density at radius 1 is 1.11 bits per heavy atom. The van der Waals surface area contributed by atoms with Crippen LogP contribution in [0.4, 0.5) is 0 Å². The molecule has 2 aliphatic rings. The zero-order valence-corrected chi connectivity index (χ0v) is 12.6. The predicted octanol–water partition coefficient (Wildman–Crippen LogP) is 3.28. The fourth-order valence-electron chi connectivity index (χ4n) is 3.21. The summed E-state index contributed by atoms with van der Waals surface area (Å²) < 4.78 is 0. The van der Waals surface area contributed by atoms with Gasteiger partial charge in [-0.3, -0.25) is 4.90 Å². The highest BCUT2D eigenvalue weighted by Gasteiger charge is 2.33. The average Bonchev–Trinajstić information content (AvgIpc) is 3.18. The molecule has 2 fully saturated rings. The van der Waals surface area contributed by atoms with Crippen molar-refractivity contribution >= 4 is 0 Å². The first-order valence-electron chi connectivity index (χ1n) is 8.13. The normalized spacial score (nSPS) is 26.8. The van der Waals surface area contributed by atoms with Crippen LogP contribution < -0.4 is 5.32 Å². The predicted molar refractivity (Wildman–Crippen MR) is 78.9 cm³/mol. The summed E-state index contributed by atoms with van der Waals surface area (Å²) in [5, 5.41) is 3.56. The highest BCUT2D eigenvalue weighted by Crippen LogP contribution is 2.31. The highest BCUT2D eigenvalue weighted by atomic mass is 15.2. The van der Waals surface area contributed by atoms with E-state index in [1.807, 2.05) is 0 Å². The minimum absolute atomic E-state index is 0.793. The van der Waals surface area contributed by atoms with Crippen molar-refractivity contribution in [1.82, 2.24) is 10.2 Å². The Morgan fingerprint density at radius 3 is 2.44 bits per heavy atom. The standard InChI is InChI=1S/C16H32N2/c1-13(2)6-7-14(3)18(16-8-9-16)12-15-5-4-10-17-11-15/h13-17H,4-12H2,1-3H3. The molecule has 0 amide bonds. The first-order valence-corrected chi connectivity index (χ1v) is 8.13. The highest BCUT2D eigenvalue weighted by molar-refractivity contribution is 4.89. The first kappa shape index (κ1) is 14.3. The molecule has 0 bridgehead atoms. The van der Waals surface area contributed by atoms with Crippen molar-refractivity contribution in [2.75, 3.05) is 19.6 Å². The molecule has 0 spiro atoms. The third-order valence-electron chi connectivity index (χ3n) is 4.61. The van der Waals surface area contributed by atoms with Crippen LogP contribution in [0, 0.1) is 11.8 Å². The van der Waals surface area contributed by atoms with E-state index in [1.54, 1.807) is 0 Å². The second-order valence-electron chi connectivity index (χ2n) is 6.96. The lowest BCUT2D eigenvalue weighted by atomic mass is 9.97. The van der Waals surface area contributed by atoms with Gasteiger partial charge in [0.1, 0.15) is 0 Å². The lowest BCUT2D eigenvalue weighted by molar-refractivity contribution is 0.143. The number of nitrogens with one attached hydrogen (secondary N) is 1. The third-order valence-corrected chi connectivity index (χ3v) is 4.61. The van der Waals surface area contributed by atoms with E-state index in [0.717, 1.165) is 23.9 Å². The number of piperidine rings is 1. The van der Waals surface area contributed by atoms with Crippen LogP contribution in [0.1, 0.15) is 59.3 Å². The maximum Gasteiger partial charge on any atom is 0.00993 e. The van der Waals surface area contributed by atoms with Crippen molar-refractivity contribution in [1.29, 1.82) is 0 Å². The Morgan fingerprint density at radius 2 is 1.89 bits per heavy atom. The molecule has 1 heterocycles. The van der Waals surface area contributed by atoms with Crippen LogP contribution in [0.5, 0.6) is 0 Å². The molecule has 2 heteroatoms. The van der Waals surface area contributed by atoms with Gasteiger partial charge in [-0.05, 0) is 70.4 Å². The van der Waals surface area contributed by atoms with Crippen molar-refractivity contribution in [2.24, 2.45) is 11.8 Å². The van der Waals surface area contributed by atoms with Gasteiger partial charge in [-0.1, -0.05) is 13.8 Å². The Kier molecular flexibility index (Phi) is 5.50. The molecular formula is C16H32N2. The molecule has 1 saturated carbocycles. The van der Waals surface area contributed by atoms with Crippen molar-refractivity contribution < 1.29 is 0 Å². The average molecular weight is 252 g/mol. The number of rotatable bonds is 7. The van der Waals surface area contributed by atoms with Crippen LogP contribution in [-0.4, -0.2) is 36.6 Å². The Labute approximate surface area is 114 Å². The molecule has 2 atom stereocenters. The lowest BCUT2D eigenvalue weighted by Crippen LogP contribution is -2.43. The van der Waals surface area contributed by atoms with Crippen LogP contribution in [-0.2, 0) is 0 Å². The van der Waals surface area contributed by atoms with Crippen LogP contribution in [0.25, 0.3) is 0 Å². The van der Waals surface area contributed by atoms with E-state index >= 15 is 0 Å². The molecule has 0 aromatic heterocycles. The van der Waals surface area contributed by atoms with E-state index in [-0.39, 0.29) is 0 Å². The monoisotopic (exact) mass is 252 g/mol. The zero-order valence-electron chi connectivity index (χ0n) is 12.6. The summed E-state index contributed by atoms with van der Waals surface area (Å²) in [6, 6.07) is 1.72. The van der Waals surface area contributed by atoms with Gasteiger partial charge in [0.05, 0.1) is 0 Å². The van der Waals surface area contributed by atoms with Crippen molar-refractivity contribution in [3.05, 3.63) is 0 Å². The SMILES string of the molecule is CC(C)CCC(C)N(CC1CCCNC1)C1CC1. The summed E-state index contributed by atoms with van der Waals surface area (Å²) in [6.07, 6.45) is 8.48. The molecule has 1 saturated heterocycles. The lowest BCUT2D eigenvalue weighted by Gasteiger charge is -2.34.